The molecule has 0 radical (unpaired) electrons. The fourth-order valence-corrected chi connectivity index (χ4v) is 3.13. The molecule has 1 N–H and O–H groups in total. The first-order valence-electron chi connectivity index (χ1n) is 11.7. The standard InChI is InChI=1S/C27H31NO11/c1-17(29)38-21-8-6-19(14-22(21)33-3)7-9-25(31)28-10-11-36-12-13-37-27(32)20-15-23(34-4)26(39-18(2)30)24(16-20)35-5/h6-9,14-16H,10-13H2,1-5H3,(H,28,31)/b9-7+. The molecule has 2 aromatic carbocycles. The highest BCUT2D eigenvalue weighted by molar-refractivity contribution is 5.92. The molecule has 0 aliphatic heterocycles. The maximum atomic E-state index is 12.4. The van der Waals surface area contributed by atoms with Crippen LogP contribution in [-0.4, -0.2) is 71.5 Å². The molecule has 1 amide bonds. The van der Waals surface area contributed by atoms with Crippen LogP contribution in [0.3, 0.4) is 0 Å². The molecule has 0 aromatic heterocycles. The Morgan fingerprint density at radius 1 is 0.769 bits per heavy atom. The molecular weight excluding hydrogens is 514 g/mol. The third-order valence-electron chi connectivity index (χ3n) is 4.82. The first-order valence-corrected chi connectivity index (χ1v) is 11.7. The Hall–Kier alpha value is -4.58. The topological polar surface area (TPSA) is 145 Å². The van der Waals surface area contributed by atoms with E-state index < -0.39 is 17.9 Å². The molecule has 12 heteroatoms. The van der Waals surface area contributed by atoms with Crippen LogP contribution in [0.25, 0.3) is 6.08 Å². The van der Waals surface area contributed by atoms with E-state index in [-0.39, 0.29) is 60.8 Å². The Morgan fingerprint density at radius 2 is 1.41 bits per heavy atom. The van der Waals surface area contributed by atoms with Gasteiger partial charge in [0.1, 0.15) is 6.61 Å². The van der Waals surface area contributed by atoms with Crippen LogP contribution in [0.1, 0.15) is 29.8 Å². The van der Waals surface area contributed by atoms with Crippen LogP contribution in [0, 0.1) is 0 Å². The predicted octanol–water partition coefficient (Wildman–Crippen LogP) is 2.57. The summed E-state index contributed by atoms with van der Waals surface area (Å²) in [6, 6.07) is 7.63. The van der Waals surface area contributed by atoms with Crippen LogP contribution in [-0.2, 0) is 23.9 Å². The summed E-state index contributed by atoms with van der Waals surface area (Å²) in [6.07, 6.45) is 2.93. The van der Waals surface area contributed by atoms with Crippen LogP contribution in [0.15, 0.2) is 36.4 Å². The van der Waals surface area contributed by atoms with E-state index in [2.05, 4.69) is 5.32 Å². The Balaban J connectivity index is 1.74. The van der Waals surface area contributed by atoms with Crippen molar-refractivity contribution in [3.8, 4) is 28.7 Å². The van der Waals surface area contributed by atoms with Gasteiger partial charge in [-0.05, 0) is 35.9 Å². The third-order valence-corrected chi connectivity index (χ3v) is 4.82. The number of amides is 1. The van der Waals surface area contributed by atoms with E-state index in [1.54, 1.807) is 24.3 Å². The van der Waals surface area contributed by atoms with Crippen molar-refractivity contribution >= 4 is 29.9 Å². The highest BCUT2D eigenvalue weighted by Gasteiger charge is 2.20. The maximum Gasteiger partial charge on any atom is 0.338 e. The molecule has 0 aliphatic carbocycles. The van der Waals surface area contributed by atoms with Gasteiger partial charge in [-0.1, -0.05) is 6.07 Å². The van der Waals surface area contributed by atoms with Crippen molar-refractivity contribution in [3.63, 3.8) is 0 Å². The fourth-order valence-electron chi connectivity index (χ4n) is 3.13. The smallest absolute Gasteiger partial charge is 0.338 e. The summed E-state index contributed by atoms with van der Waals surface area (Å²) in [4.78, 5) is 46.9. The monoisotopic (exact) mass is 545 g/mol. The number of ether oxygens (including phenoxy) is 7. The first-order chi connectivity index (χ1) is 18.7. The van der Waals surface area contributed by atoms with Gasteiger partial charge in [0.2, 0.25) is 11.7 Å². The Bertz CT molecular complexity index is 1180. The number of esters is 3. The zero-order chi connectivity index (χ0) is 28.8. The van der Waals surface area contributed by atoms with Crippen molar-refractivity contribution in [1.82, 2.24) is 5.32 Å². The molecule has 0 spiro atoms. The Labute approximate surface area is 225 Å². The minimum absolute atomic E-state index is 0.0335. The van der Waals surface area contributed by atoms with Crippen LogP contribution < -0.4 is 29.0 Å². The summed E-state index contributed by atoms with van der Waals surface area (Å²) in [7, 11) is 4.17. The second kappa shape index (κ2) is 15.6. The van der Waals surface area contributed by atoms with Gasteiger partial charge in [0.25, 0.3) is 0 Å². The molecule has 0 unspecified atom stereocenters. The number of nitrogens with one attached hydrogen (secondary N) is 1. The van der Waals surface area contributed by atoms with E-state index in [1.165, 1.54) is 53.4 Å². The van der Waals surface area contributed by atoms with Gasteiger partial charge in [0, 0.05) is 26.5 Å². The number of carbonyl (C=O) groups excluding carboxylic acids is 4. The molecule has 0 aliphatic rings. The van der Waals surface area contributed by atoms with Crippen molar-refractivity contribution in [3.05, 3.63) is 47.5 Å². The van der Waals surface area contributed by atoms with Gasteiger partial charge in [0.05, 0.1) is 40.1 Å². The molecule has 2 aromatic rings. The van der Waals surface area contributed by atoms with E-state index in [9.17, 15) is 19.2 Å². The minimum Gasteiger partial charge on any atom is -0.493 e. The van der Waals surface area contributed by atoms with Gasteiger partial charge in [-0.3, -0.25) is 14.4 Å². The van der Waals surface area contributed by atoms with Gasteiger partial charge >= 0.3 is 17.9 Å². The van der Waals surface area contributed by atoms with Gasteiger partial charge in [-0.15, -0.1) is 0 Å². The van der Waals surface area contributed by atoms with E-state index in [0.717, 1.165) is 0 Å². The SMILES string of the molecule is COc1cc(/C=C/C(=O)NCCOCCOC(=O)c2cc(OC)c(OC(C)=O)c(OC)c2)ccc1OC(C)=O. The lowest BCUT2D eigenvalue weighted by Crippen LogP contribution is -2.26. The van der Waals surface area contributed by atoms with Gasteiger partial charge in [0.15, 0.2) is 23.0 Å². The Kier molecular flexibility index (Phi) is 12.3. The highest BCUT2D eigenvalue weighted by Crippen LogP contribution is 2.38. The molecule has 0 bridgehead atoms. The van der Waals surface area contributed by atoms with Crippen LogP contribution in [0.4, 0.5) is 0 Å². The molecule has 0 saturated carbocycles. The molecule has 0 heterocycles. The molecule has 0 fully saturated rings. The highest BCUT2D eigenvalue weighted by atomic mass is 16.6. The summed E-state index contributed by atoms with van der Waals surface area (Å²) in [5.41, 5.74) is 0.810. The summed E-state index contributed by atoms with van der Waals surface area (Å²) in [5, 5.41) is 2.67. The van der Waals surface area contributed by atoms with E-state index in [4.69, 9.17) is 33.2 Å². The van der Waals surface area contributed by atoms with Crippen molar-refractivity contribution in [2.24, 2.45) is 0 Å². The molecule has 0 atom stereocenters. The Morgan fingerprint density at radius 3 is 2.00 bits per heavy atom. The minimum atomic E-state index is -0.652. The summed E-state index contributed by atoms with van der Waals surface area (Å²) >= 11 is 0. The summed E-state index contributed by atoms with van der Waals surface area (Å²) in [5.74, 6) is -1.06. The first kappa shape index (κ1) is 30.6. The number of benzene rings is 2. The van der Waals surface area contributed by atoms with Gasteiger partial charge < -0.3 is 38.5 Å². The maximum absolute atomic E-state index is 12.4. The third kappa shape index (κ3) is 10.0. The zero-order valence-electron chi connectivity index (χ0n) is 22.4. The van der Waals surface area contributed by atoms with Crippen LogP contribution in [0.2, 0.25) is 0 Å². The van der Waals surface area contributed by atoms with Crippen molar-refractivity contribution < 1.29 is 52.3 Å². The quantitative estimate of drug-likeness (QED) is 0.162. The lowest BCUT2D eigenvalue weighted by Gasteiger charge is -2.14. The molecule has 12 nitrogen and oxygen atoms in total. The number of methoxy groups -OCH3 is 3. The lowest BCUT2D eigenvalue weighted by atomic mass is 10.2. The van der Waals surface area contributed by atoms with Gasteiger partial charge in [-0.2, -0.15) is 0 Å². The summed E-state index contributed by atoms with van der Waals surface area (Å²) < 4.78 is 36.3. The number of carbonyl (C=O) groups is 4. The number of rotatable bonds is 14. The molecule has 39 heavy (non-hydrogen) atoms. The normalized spacial score (nSPS) is 10.5. The number of hydrogen-bond acceptors (Lipinski definition) is 11. The fraction of sp³-hybridized carbons (Fsp3) is 0.333. The van der Waals surface area contributed by atoms with Crippen molar-refractivity contribution in [2.45, 2.75) is 13.8 Å². The van der Waals surface area contributed by atoms with E-state index >= 15 is 0 Å². The van der Waals surface area contributed by atoms with E-state index in [1.807, 2.05) is 0 Å². The average Bonchev–Trinajstić information content (AvgIpc) is 2.91. The zero-order valence-corrected chi connectivity index (χ0v) is 22.4. The lowest BCUT2D eigenvalue weighted by molar-refractivity contribution is -0.133. The summed E-state index contributed by atoms with van der Waals surface area (Å²) in [6.45, 7) is 3.02. The number of hydrogen-bond donors (Lipinski definition) is 1. The largest absolute Gasteiger partial charge is 0.493 e. The molecule has 210 valence electrons. The van der Waals surface area contributed by atoms with Crippen molar-refractivity contribution in [1.29, 1.82) is 0 Å². The van der Waals surface area contributed by atoms with Gasteiger partial charge in [-0.25, -0.2) is 4.79 Å². The predicted molar refractivity (Wildman–Crippen MR) is 138 cm³/mol. The van der Waals surface area contributed by atoms with Crippen LogP contribution >= 0.6 is 0 Å². The molecule has 0 saturated heterocycles. The van der Waals surface area contributed by atoms with Crippen molar-refractivity contribution in [2.75, 3.05) is 47.7 Å². The van der Waals surface area contributed by atoms with E-state index in [0.29, 0.717) is 11.3 Å². The van der Waals surface area contributed by atoms with Crippen LogP contribution in [0.5, 0.6) is 28.7 Å². The second-order valence-electron chi connectivity index (χ2n) is 7.68. The average molecular weight is 546 g/mol. The molecule has 2 rings (SSSR count). The molecular formula is C27H31NO11. The second-order valence-corrected chi connectivity index (χ2v) is 7.68.